The summed E-state index contributed by atoms with van der Waals surface area (Å²) >= 11 is 0. The molecule has 0 heterocycles. The molecule has 0 amide bonds. The van der Waals surface area contributed by atoms with Crippen molar-refractivity contribution in [3.63, 3.8) is 0 Å². The first kappa shape index (κ1) is 20.9. The van der Waals surface area contributed by atoms with E-state index in [2.05, 4.69) is 0 Å². The van der Waals surface area contributed by atoms with E-state index >= 15 is 0 Å². The first-order chi connectivity index (χ1) is 15.1. The minimum absolute atomic E-state index is 0.0343. The van der Waals surface area contributed by atoms with Gasteiger partial charge in [0.05, 0.1) is 14.2 Å². The number of benzene rings is 3. The maximum absolute atomic E-state index is 13.5. The fourth-order valence-electron chi connectivity index (χ4n) is 4.52. The number of rotatable bonds is 7. The molecule has 0 N–H and O–H groups in total. The molecule has 2 unspecified atom stereocenters. The molecule has 31 heavy (non-hydrogen) atoms. The van der Waals surface area contributed by atoms with Crippen molar-refractivity contribution in [1.29, 1.82) is 0 Å². The third kappa shape index (κ3) is 4.24. The second-order valence-electron chi connectivity index (χ2n) is 7.88. The average Bonchev–Trinajstić information content (AvgIpc) is 2.83. The maximum Gasteiger partial charge on any atom is 0.166 e. The predicted molar refractivity (Wildman–Crippen MR) is 120 cm³/mol. The van der Waals surface area contributed by atoms with Gasteiger partial charge in [-0.25, -0.2) is 0 Å². The zero-order valence-corrected chi connectivity index (χ0v) is 17.8. The highest BCUT2D eigenvalue weighted by Crippen LogP contribution is 2.41. The lowest BCUT2D eigenvalue weighted by Crippen LogP contribution is -2.29. The topological polar surface area (TPSA) is 52.6 Å². The number of ketones is 2. The van der Waals surface area contributed by atoms with E-state index in [0.717, 1.165) is 29.5 Å². The Morgan fingerprint density at radius 2 is 1.65 bits per heavy atom. The normalized spacial score (nSPS) is 16.3. The van der Waals surface area contributed by atoms with Gasteiger partial charge in [0, 0.05) is 29.4 Å². The van der Waals surface area contributed by atoms with Gasteiger partial charge in [-0.2, -0.15) is 0 Å². The van der Waals surface area contributed by atoms with Crippen LogP contribution in [0.2, 0.25) is 0 Å². The lowest BCUT2D eigenvalue weighted by Gasteiger charge is -2.31. The predicted octanol–water partition coefficient (Wildman–Crippen LogP) is 5.51. The fraction of sp³-hybridized carbons (Fsp3) is 0.259. The van der Waals surface area contributed by atoms with Gasteiger partial charge in [0.2, 0.25) is 0 Å². The van der Waals surface area contributed by atoms with Crippen LogP contribution < -0.4 is 9.47 Å². The molecule has 0 spiro atoms. The van der Waals surface area contributed by atoms with Crippen LogP contribution in [-0.4, -0.2) is 25.8 Å². The second-order valence-corrected chi connectivity index (χ2v) is 7.88. The number of methoxy groups -OCH3 is 2. The lowest BCUT2D eigenvalue weighted by atomic mass is 9.71. The second kappa shape index (κ2) is 9.17. The van der Waals surface area contributed by atoms with Gasteiger partial charge in [-0.05, 0) is 36.1 Å². The summed E-state index contributed by atoms with van der Waals surface area (Å²) in [6, 6.07) is 22.7. The van der Waals surface area contributed by atoms with Crippen molar-refractivity contribution in [2.24, 2.45) is 5.92 Å². The summed E-state index contributed by atoms with van der Waals surface area (Å²) in [5.41, 5.74) is 3.44. The van der Waals surface area contributed by atoms with E-state index in [0.29, 0.717) is 17.1 Å². The number of hydrogen-bond acceptors (Lipinski definition) is 4. The van der Waals surface area contributed by atoms with Gasteiger partial charge < -0.3 is 9.47 Å². The Morgan fingerprint density at radius 1 is 0.935 bits per heavy atom. The number of Topliss-reactive ketones (excluding diaryl/α,β-unsaturated/α-hetero) is 2. The van der Waals surface area contributed by atoms with Crippen molar-refractivity contribution in [2.75, 3.05) is 14.2 Å². The molecular formula is C27H26O4. The Kier molecular flexibility index (Phi) is 6.17. The van der Waals surface area contributed by atoms with Crippen LogP contribution in [0.4, 0.5) is 0 Å². The average molecular weight is 415 g/mol. The van der Waals surface area contributed by atoms with Gasteiger partial charge in [0.25, 0.3) is 0 Å². The molecule has 0 radical (unpaired) electrons. The van der Waals surface area contributed by atoms with Crippen molar-refractivity contribution < 1.29 is 19.1 Å². The van der Waals surface area contributed by atoms with Crippen molar-refractivity contribution in [1.82, 2.24) is 0 Å². The van der Waals surface area contributed by atoms with Gasteiger partial charge in [0.15, 0.2) is 23.1 Å². The lowest BCUT2D eigenvalue weighted by molar-refractivity contribution is 0.0857. The van der Waals surface area contributed by atoms with Gasteiger partial charge in [0.1, 0.15) is 0 Å². The molecule has 3 aromatic carbocycles. The van der Waals surface area contributed by atoms with Crippen LogP contribution in [-0.2, 0) is 6.42 Å². The maximum atomic E-state index is 13.5. The standard InChI is InChI=1S/C27H26O4/c1-30-25-15-13-20(16-26(25)31-2)23(17-24(28)19-9-4-3-5-10-19)22-14-12-18-8-6-7-11-21(18)27(22)29/h3-11,13,15-16,22-23H,12,14,17H2,1-2H3. The van der Waals surface area contributed by atoms with Crippen LogP contribution in [0.1, 0.15) is 50.6 Å². The Bertz CT molecular complexity index is 1090. The summed E-state index contributed by atoms with van der Waals surface area (Å²) in [5.74, 6) is 0.865. The molecule has 1 aliphatic carbocycles. The first-order valence-electron chi connectivity index (χ1n) is 10.5. The molecule has 0 fully saturated rings. The van der Waals surface area contributed by atoms with E-state index in [4.69, 9.17) is 9.47 Å². The minimum atomic E-state index is -0.263. The fourth-order valence-corrected chi connectivity index (χ4v) is 4.52. The van der Waals surface area contributed by atoms with Crippen LogP contribution in [0.15, 0.2) is 72.8 Å². The highest BCUT2D eigenvalue weighted by atomic mass is 16.5. The third-order valence-electron chi connectivity index (χ3n) is 6.17. The molecule has 0 aromatic heterocycles. The van der Waals surface area contributed by atoms with Gasteiger partial charge in [-0.3, -0.25) is 9.59 Å². The Balaban J connectivity index is 1.73. The summed E-state index contributed by atoms with van der Waals surface area (Å²) < 4.78 is 10.9. The summed E-state index contributed by atoms with van der Waals surface area (Å²) in [6.45, 7) is 0. The van der Waals surface area contributed by atoms with Crippen LogP contribution in [0.3, 0.4) is 0 Å². The summed E-state index contributed by atoms with van der Waals surface area (Å²) in [7, 11) is 3.18. The van der Waals surface area contributed by atoms with E-state index in [1.165, 1.54) is 0 Å². The monoisotopic (exact) mass is 414 g/mol. The molecule has 1 aliphatic rings. The Morgan fingerprint density at radius 3 is 2.39 bits per heavy atom. The summed E-state index contributed by atoms with van der Waals surface area (Å²) in [5, 5.41) is 0. The number of aryl methyl sites for hydroxylation is 1. The highest BCUT2D eigenvalue weighted by Gasteiger charge is 2.35. The van der Waals surface area contributed by atoms with Gasteiger partial charge in [-0.15, -0.1) is 0 Å². The molecule has 0 saturated heterocycles. The van der Waals surface area contributed by atoms with E-state index in [-0.39, 0.29) is 29.8 Å². The molecule has 0 saturated carbocycles. The SMILES string of the molecule is COc1ccc(C(CC(=O)c2ccccc2)C2CCc3ccccc3C2=O)cc1OC. The first-order valence-corrected chi connectivity index (χ1v) is 10.5. The van der Waals surface area contributed by atoms with Crippen LogP contribution in [0.5, 0.6) is 11.5 Å². The number of carbonyl (C=O) groups is 2. The molecule has 0 bridgehead atoms. The van der Waals surface area contributed by atoms with Gasteiger partial charge in [-0.1, -0.05) is 60.7 Å². The summed E-state index contributed by atoms with van der Waals surface area (Å²) in [4.78, 5) is 26.6. The molecule has 0 aliphatic heterocycles. The molecule has 4 nitrogen and oxygen atoms in total. The molecule has 158 valence electrons. The largest absolute Gasteiger partial charge is 0.493 e. The smallest absolute Gasteiger partial charge is 0.166 e. The number of ether oxygens (including phenoxy) is 2. The van der Waals surface area contributed by atoms with E-state index in [1.807, 2.05) is 72.8 Å². The Hall–Kier alpha value is -3.40. The minimum Gasteiger partial charge on any atom is -0.493 e. The highest BCUT2D eigenvalue weighted by molar-refractivity contribution is 6.02. The molecular weight excluding hydrogens is 388 g/mol. The van der Waals surface area contributed by atoms with E-state index in [9.17, 15) is 9.59 Å². The van der Waals surface area contributed by atoms with Crippen LogP contribution >= 0.6 is 0 Å². The molecule has 2 atom stereocenters. The molecule has 4 rings (SSSR count). The van der Waals surface area contributed by atoms with E-state index < -0.39 is 0 Å². The van der Waals surface area contributed by atoms with Crippen LogP contribution in [0, 0.1) is 5.92 Å². The number of carbonyl (C=O) groups excluding carboxylic acids is 2. The zero-order valence-electron chi connectivity index (χ0n) is 17.8. The number of fused-ring (bicyclic) bond motifs is 1. The van der Waals surface area contributed by atoms with Gasteiger partial charge >= 0.3 is 0 Å². The van der Waals surface area contributed by atoms with Crippen molar-refractivity contribution in [3.05, 3.63) is 95.1 Å². The zero-order chi connectivity index (χ0) is 21.8. The molecule has 3 aromatic rings. The van der Waals surface area contributed by atoms with Crippen LogP contribution in [0.25, 0.3) is 0 Å². The number of hydrogen-bond donors (Lipinski definition) is 0. The van der Waals surface area contributed by atoms with Crippen molar-refractivity contribution in [2.45, 2.75) is 25.2 Å². The quantitative estimate of drug-likeness (QED) is 0.479. The third-order valence-corrected chi connectivity index (χ3v) is 6.17. The Labute approximate surface area is 182 Å². The van der Waals surface area contributed by atoms with E-state index in [1.54, 1.807) is 14.2 Å². The van der Waals surface area contributed by atoms with Crippen molar-refractivity contribution in [3.8, 4) is 11.5 Å². The molecule has 4 heteroatoms. The summed E-state index contributed by atoms with van der Waals surface area (Å²) in [6.07, 6.45) is 1.81. The van der Waals surface area contributed by atoms with Crippen molar-refractivity contribution >= 4 is 11.6 Å².